The molecule has 0 spiro atoms. The Morgan fingerprint density at radius 3 is 2.75 bits per heavy atom. The molecule has 0 radical (unpaired) electrons. The lowest BCUT2D eigenvalue weighted by Crippen LogP contribution is -2.24. The quantitative estimate of drug-likeness (QED) is 0.875. The van der Waals surface area contributed by atoms with E-state index in [4.69, 9.17) is 4.74 Å². The van der Waals surface area contributed by atoms with E-state index in [0.29, 0.717) is 5.75 Å². The maximum absolute atomic E-state index is 12.6. The summed E-state index contributed by atoms with van der Waals surface area (Å²) in [5.74, 6) is 5.28. The van der Waals surface area contributed by atoms with Crippen LogP contribution in [-0.4, -0.2) is 24.0 Å². The van der Waals surface area contributed by atoms with Crippen molar-refractivity contribution in [3.05, 3.63) is 59.9 Å². The number of pyridine rings is 1. The topological polar surface area (TPSA) is 51.2 Å². The number of rotatable bonds is 4. The monoisotopic (exact) mass is 334 g/mol. The lowest BCUT2D eigenvalue weighted by atomic mass is 10.1. The number of hydrogen-bond donors (Lipinski definition) is 1. The maximum Gasteiger partial charge on any atom is 0.416 e. The van der Waals surface area contributed by atoms with E-state index >= 15 is 0 Å². The van der Waals surface area contributed by atoms with Crippen molar-refractivity contribution < 1.29 is 22.7 Å². The summed E-state index contributed by atoms with van der Waals surface area (Å²) in [6, 6.07) is 7.65. The Morgan fingerprint density at radius 2 is 2.04 bits per heavy atom. The van der Waals surface area contributed by atoms with Crippen molar-refractivity contribution in [1.82, 2.24) is 10.3 Å². The summed E-state index contributed by atoms with van der Waals surface area (Å²) in [5, 5.41) is 2.43. The number of hydrogen-bond acceptors (Lipinski definition) is 3. The standard InChI is InChI=1S/C17H13F3N2O2/c18-17(19,20)14-6-3-5-13(11-14)16(23)22-9-1-2-10-24-15-7-4-8-21-12-15/h3-8,11-12H,9-10H2,(H,22,23). The molecule has 124 valence electrons. The van der Waals surface area contributed by atoms with Crippen LogP contribution < -0.4 is 10.1 Å². The van der Waals surface area contributed by atoms with Gasteiger partial charge in [-0.15, -0.1) is 0 Å². The largest absolute Gasteiger partial charge is 0.479 e. The van der Waals surface area contributed by atoms with E-state index in [0.717, 1.165) is 12.1 Å². The molecule has 4 nitrogen and oxygen atoms in total. The number of alkyl halides is 3. The Hall–Kier alpha value is -3.01. The lowest BCUT2D eigenvalue weighted by Gasteiger charge is -2.08. The first kappa shape index (κ1) is 17.3. The first-order valence-corrected chi connectivity index (χ1v) is 6.91. The molecule has 0 aliphatic carbocycles. The summed E-state index contributed by atoms with van der Waals surface area (Å²) in [7, 11) is 0. The Bertz CT molecular complexity index is 750. The summed E-state index contributed by atoms with van der Waals surface area (Å²) in [4.78, 5) is 15.7. The molecule has 1 aromatic carbocycles. The van der Waals surface area contributed by atoms with Crippen molar-refractivity contribution in [2.75, 3.05) is 13.2 Å². The molecule has 0 fully saturated rings. The minimum Gasteiger partial charge on any atom is -0.479 e. The fraction of sp³-hybridized carbons (Fsp3) is 0.176. The van der Waals surface area contributed by atoms with Crippen LogP contribution in [0, 0.1) is 11.8 Å². The average Bonchev–Trinajstić information content (AvgIpc) is 2.58. The maximum atomic E-state index is 12.6. The van der Waals surface area contributed by atoms with Crippen LogP contribution in [0.2, 0.25) is 0 Å². The fourth-order valence-corrected chi connectivity index (χ4v) is 1.73. The van der Waals surface area contributed by atoms with Gasteiger partial charge < -0.3 is 10.1 Å². The van der Waals surface area contributed by atoms with Crippen LogP contribution in [0.4, 0.5) is 13.2 Å². The number of halogens is 3. The molecule has 0 unspecified atom stereocenters. The van der Waals surface area contributed by atoms with Gasteiger partial charge in [0.2, 0.25) is 0 Å². The van der Waals surface area contributed by atoms with Crippen LogP contribution in [0.3, 0.4) is 0 Å². The van der Waals surface area contributed by atoms with E-state index < -0.39 is 17.6 Å². The molecule has 0 aliphatic rings. The third kappa shape index (κ3) is 5.32. The molecule has 0 aliphatic heterocycles. The number of aromatic nitrogens is 1. The van der Waals surface area contributed by atoms with Crippen molar-refractivity contribution in [2.24, 2.45) is 0 Å². The molecular weight excluding hydrogens is 321 g/mol. The SMILES string of the molecule is O=C(NCC#CCOc1cccnc1)c1cccc(C(F)(F)F)c1. The minimum atomic E-state index is -4.49. The molecule has 1 heterocycles. The molecule has 0 bridgehead atoms. The first-order chi connectivity index (χ1) is 11.5. The highest BCUT2D eigenvalue weighted by Crippen LogP contribution is 2.29. The van der Waals surface area contributed by atoms with Crippen LogP contribution in [0.1, 0.15) is 15.9 Å². The second-order valence-electron chi connectivity index (χ2n) is 4.59. The highest BCUT2D eigenvalue weighted by atomic mass is 19.4. The normalized spacial score (nSPS) is 10.5. The van der Waals surface area contributed by atoms with E-state index in [-0.39, 0.29) is 18.7 Å². The van der Waals surface area contributed by atoms with E-state index in [9.17, 15) is 18.0 Å². The highest BCUT2D eigenvalue weighted by molar-refractivity contribution is 5.94. The second-order valence-corrected chi connectivity index (χ2v) is 4.59. The molecule has 2 aromatic rings. The van der Waals surface area contributed by atoms with Crippen molar-refractivity contribution in [2.45, 2.75) is 6.18 Å². The molecule has 2 rings (SSSR count). The third-order valence-corrected chi connectivity index (χ3v) is 2.86. The zero-order chi connectivity index (χ0) is 17.4. The van der Waals surface area contributed by atoms with Gasteiger partial charge in [-0.05, 0) is 30.3 Å². The van der Waals surface area contributed by atoms with Gasteiger partial charge in [-0.25, -0.2) is 0 Å². The van der Waals surface area contributed by atoms with Gasteiger partial charge in [0.25, 0.3) is 5.91 Å². The van der Waals surface area contributed by atoms with E-state index in [1.54, 1.807) is 18.3 Å². The average molecular weight is 334 g/mol. The zero-order valence-electron chi connectivity index (χ0n) is 12.4. The molecule has 24 heavy (non-hydrogen) atoms. The fourth-order valence-electron chi connectivity index (χ4n) is 1.73. The van der Waals surface area contributed by atoms with Gasteiger partial charge in [0.1, 0.15) is 12.4 Å². The minimum absolute atomic E-state index is 0.00544. The molecule has 0 saturated carbocycles. The predicted octanol–water partition coefficient (Wildman–Crippen LogP) is 2.91. The Kier molecular flexibility index (Phi) is 5.79. The molecule has 0 atom stereocenters. The van der Waals surface area contributed by atoms with Gasteiger partial charge >= 0.3 is 6.18 Å². The van der Waals surface area contributed by atoms with Gasteiger partial charge in [-0.2, -0.15) is 13.2 Å². The number of carbonyl (C=O) groups excluding carboxylic acids is 1. The van der Waals surface area contributed by atoms with Crippen molar-refractivity contribution in [3.8, 4) is 17.6 Å². The van der Waals surface area contributed by atoms with Crippen LogP contribution >= 0.6 is 0 Å². The van der Waals surface area contributed by atoms with Gasteiger partial charge in [-0.1, -0.05) is 17.9 Å². The van der Waals surface area contributed by atoms with E-state index in [2.05, 4.69) is 22.1 Å². The van der Waals surface area contributed by atoms with E-state index in [1.807, 2.05) is 0 Å². The second kappa shape index (κ2) is 8.02. The van der Waals surface area contributed by atoms with Crippen LogP contribution in [-0.2, 0) is 6.18 Å². The van der Waals surface area contributed by atoms with Gasteiger partial charge in [0, 0.05) is 11.8 Å². The molecule has 7 heteroatoms. The van der Waals surface area contributed by atoms with Crippen LogP contribution in [0.25, 0.3) is 0 Å². The summed E-state index contributed by atoms with van der Waals surface area (Å²) < 4.78 is 43.0. The summed E-state index contributed by atoms with van der Waals surface area (Å²) in [6.45, 7) is 0.122. The number of nitrogens with zero attached hydrogens (tertiary/aromatic N) is 1. The lowest BCUT2D eigenvalue weighted by molar-refractivity contribution is -0.137. The summed E-state index contributed by atoms with van der Waals surface area (Å²) in [6.07, 6.45) is -1.33. The molecule has 0 saturated heterocycles. The first-order valence-electron chi connectivity index (χ1n) is 6.91. The number of carbonyl (C=O) groups is 1. The third-order valence-electron chi connectivity index (χ3n) is 2.86. The van der Waals surface area contributed by atoms with Gasteiger partial charge in [0.15, 0.2) is 0 Å². The van der Waals surface area contributed by atoms with Crippen molar-refractivity contribution in [3.63, 3.8) is 0 Å². The number of amides is 1. The number of ether oxygens (including phenoxy) is 1. The molecule has 1 aromatic heterocycles. The van der Waals surface area contributed by atoms with Crippen molar-refractivity contribution in [1.29, 1.82) is 0 Å². The smallest absolute Gasteiger partial charge is 0.416 e. The van der Waals surface area contributed by atoms with E-state index in [1.165, 1.54) is 18.3 Å². The molecular formula is C17H13F3N2O2. The highest BCUT2D eigenvalue weighted by Gasteiger charge is 2.30. The van der Waals surface area contributed by atoms with Crippen LogP contribution in [0.15, 0.2) is 48.8 Å². The zero-order valence-corrected chi connectivity index (χ0v) is 12.4. The summed E-state index contributed by atoms with van der Waals surface area (Å²) in [5.41, 5.74) is -0.940. The Labute approximate surface area is 136 Å². The Morgan fingerprint density at radius 1 is 1.21 bits per heavy atom. The van der Waals surface area contributed by atoms with Crippen molar-refractivity contribution >= 4 is 5.91 Å². The number of benzene rings is 1. The van der Waals surface area contributed by atoms with Crippen LogP contribution in [0.5, 0.6) is 5.75 Å². The summed E-state index contributed by atoms with van der Waals surface area (Å²) >= 11 is 0. The molecule has 1 amide bonds. The Balaban J connectivity index is 1.81. The van der Waals surface area contributed by atoms with Gasteiger partial charge in [0.05, 0.1) is 18.3 Å². The predicted molar refractivity (Wildman–Crippen MR) is 81.3 cm³/mol. The number of nitrogens with one attached hydrogen (secondary N) is 1. The van der Waals surface area contributed by atoms with Gasteiger partial charge in [-0.3, -0.25) is 9.78 Å². The molecule has 1 N–H and O–H groups in total.